The van der Waals surface area contributed by atoms with Crippen molar-refractivity contribution in [2.75, 3.05) is 0 Å². The molecule has 1 fully saturated rings. The molecule has 6 heteroatoms. The number of thiocarbonyl (C=S) groups is 1. The van der Waals surface area contributed by atoms with Gasteiger partial charge in [0.05, 0.1) is 16.1 Å². The van der Waals surface area contributed by atoms with Crippen molar-refractivity contribution in [2.24, 2.45) is 5.73 Å². The SMILES string of the molecule is NC(=S)C1(NC(=O)c2ccc(Cl)cc2Br)CCCCC1. The highest BCUT2D eigenvalue weighted by Crippen LogP contribution is 2.30. The Bertz CT molecular complexity index is 544. The molecule has 1 aliphatic carbocycles. The molecule has 1 aliphatic rings. The van der Waals surface area contributed by atoms with Gasteiger partial charge < -0.3 is 11.1 Å². The molecule has 20 heavy (non-hydrogen) atoms. The standard InChI is InChI=1S/C14H16BrClN2OS/c15-11-8-9(16)4-5-10(11)12(19)18-14(13(17)20)6-2-1-3-7-14/h4-5,8H,1-3,6-7H2,(H2,17,20)(H,18,19). The minimum Gasteiger partial charge on any atom is -0.391 e. The molecule has 0 unspecified atom stereocenters. The maximum atomic E-state index is 12.5. The molecule has 108 valence electrons. The quantitative estimate of drug-likeness (QED) is 0.790. The Kier molecular flexibility index (Phi) is 5.04. The Labute approximate surface area is 137 Å². The van der Waals surface area contributed by atoms with Crippen LogP contribution in [-0.4, -0.2) is 16.4 Å². The number of carbonyl (C=O) groups is 1. The first-order chi connectivity index (χ1) is 9.44. The Morgan fingerprint density at radius 3 is 2.55 bits per heavy atom. The van der Waals surface area contributed by atoms with Gasteiger partial charge in [-0.2, -0.15) is 0 Å². The molecule has 3 nitrogen and oxygen atoms in total. The molecule has 0 saturated heterocycles. The number of rotatable bonds is 3. The van der Waals surface area contributed by atoms with E-state index < -0.39 is 5.54 Å². The summed E-state index contributed by atoms with van der Waals surface area (Å²) in [6, 6.07) is 5.08. The van der Waals surface area contributed by atoms with Crippen LogP contribution in [0.3, 0.4) is 0 Å². The molecule has 2 rings (SSSR count). The van der Waals surface area contributed by atoms with Gasteiger partial charge in [0.15, 0.2) is 0 Å². The number of hydrogen-bond donors (Lipinski definition) is 2. The molecular weight excluding hydrogens is 360 g/mol. The lowest BCUT2D eigenvalue weighted by molar-refractivity contribution is 0.0907. The maximum absolute atomic E-state index is 12.5. The number of carbonyl (C=O) groups excluding carboxylic acids is 1. The van der Waals surface area contributed by atoms with Crippen molar-refractivity contribution in [1.82, 2.24) is 5.32 Å². The predicted molar refractivity (Wildman–Crippen MR) is 89.2 cm³/mol. The summed E-state index contributed by atoms with van der Waals surface area (Å²) in [7, 11) is 0. The molecule has 0 spiro atoms. The maximum Gasteiger partial charge on any atom is 0.253 e. The lowest BCUT2D eigenvalue weighted by Crippen LogP contribution is -2.57. The van der Waals surface area contributed by atoms with Crippen LogP contribution in [-0.2, 0) is 0 Å². The zero-order valence-electron chi connectivity index (χ0n) is 10.9. The fourth-order valence-electron chi connectivity index (χ4n) is 2.55. The minimum atomic E-state index is -0.552. The summed E-state index contributed by atoms with van der Waals surface area (Å²) in [6.45, 7) is 0. The fourth-order valence-corrected chi connectivity index (χ4v) is 3.66. The summed E-state index contributed by atoms with van der Waals surface area (Å²) in [6.07, 6.45) is 4.82. The van der Waals surface area contributed by atoms with E-state index in [1.54, 1.807) is 18.2 Å². The molecule has 1 saturated carbocycles. The molecule has 0 aromatic heterocycles. The van der Waals surface area contributed by atoms with Crippen LogP contribution in [0.15, 0.2) is 22.7 Å². The van der Waals surface area contributed by atoms with Crippen LogP contribution in [0, 0.1) is 0 Å². The van der Waals surface area contributed by atoms with Crippen LogP contribution >= 0.6 is 39.7 Å². The predicted octanol–water partition coefficient (Wildman–Crippen LogP) is 3.82. The summed E-state index contributed by atoms with van der Waals surface area (Å²) in [5, 5.41) is 3.61. The van der Waals surface area contributed by atoms with Crippen molar-refractivity contribution < 1.29 is 4.79 Å². The lowest BCUT2D eigenvalue weighted by Gasteiger charge is -2.37. The van der Waals surface area contributed by atoms with E-state index in [1.807, 2.05) is 0 Å². The van der Waals surface area contributed by atoms with E-state index in [0.717, 1.165) is 32.1 Å². The Morgan fingerprint density at radius 1 is 1.35 bits per heavy atom. The monoisotopic (exact) mass is 374 g/mol. The van der Waals surface area contributed by atoms with Gasteiger partial charge in [-0.05, 0) is 47.0 Å². The number of nitrogens with one attached hydrogen (secondary N) is 1. The minimum absolute atomic E-state index is 0.178. The highest BCUT2D eigenvalue weighted by Gasteiger charge is 2.36. The van der Waals surface area contributed by atoms with E-state index in [4.69, 9.17) is 29.6 Å². The number of amides is 1. The average Bonchev–Trinajstić information content (AvgIpc) is 2.39. The fraction of sp³-hybridized carbons (Fsp3) is 0.429. The number of hydrogen-bond acceptors (Lipinski definition) is 2. The molecule has 1 amide bonds. The van der Waals surface area contributed by atoms with Crippen LogP contribution in [0.2, 0.25) is 5.02 Å². The first-order valence-electron chi connectivity index (χ1n) is 6.52. The van der Waals surface area contributed by atoms with Gasteiger partial charge in [0, 0.05) is 9.50 Å². The van der Waals surface area contributed by atoms with E-state index in [-0.39, 0.29) is 5.91 Å². The summed E-state index contributed by atoms with van der Waals surface area (Å²) < 4.78 is 0.663. The van der Waals surface area contributed by atoms with Crippen molar-refractivity contribution in [1.29, 1.82) is 0 Å². The van der Waals surface area contributed by atoms with Gasteiger partial charge >= 0.3 is 0 Å². The largest absolute Gasteiger partial charge is 0.391 e. The average molecular weight is 376 g/mol. The normalized spacial score (nSPS) is 17.5. The van der Waals surface area contributed by atoms with Gasteiger partial charge in [-0.3, -0.25) is 4.79 Å². The van der Waals surface area contributed by atoms with E-state index in [2.05, 4.69) is 21.2 Å². The molecular formula is C14H16BrClN2OS. The van der Waals surface area contributed by atoms with Crippen molar-refractivity contribution in [2.45, 2.75) is 37.6 Å². The third-order valence-corrected chi connectivity index (χ3v) is 4.99. The second-order valence-corrected chi connectivity index (χ2v) is 6.82. The van der Waals surface area contributed by atoms with Gasteiger partial charge in [-0.25, -0.2) is 0 Å². The third-order valence-electron chi connectivity index (χ3n) is 3.71. The number of halogens is 2. The zero-order chi connectivity index (χ0) is 14.8. The number of benzene rings is 1. The van der Waals surface area contributed by atoms with Gasteiger partial charge in [0.2, 0.25) is 0 Å². The molecule has 0 atom stereocenters. The van der Waals surface area contributed by atoms with Gasteiger partial charge in [-0.15, -0.1) is 0 Å². The van der Waals surface area contributed by atoms with E-state index in [1.165, 1.54) is 0 Å². The molecule has 0 radical (unpaired) electrons. The van der Waals surface area contributed by atoms with Gasteiger partial charge in [0.1, 0.15) is 0 Å². The van der Waals surface area contributed by atoms with Gasteiger partial charge in [0.25, 0.3) is 5.91 Å². The highest BCUT2D eigenvalue weighted by molar-refractivity contribution is 9.10. The topological polar surface area (TPSA) is 55.1 Å². The molecule has 1 aromatic rings. The summed E-state index contributed by atoms with van der Waals surface area (Å²) in [5.74, 6) is -0.178. The molecule has 1 aromatic carbocycles. The second-order valence-electron chi connectivity index (χ2n) is 5.09. The van der Waals surface area contributed by atoms with Crippen molar-refractivity contribution in [3.8, 4) is 0 Å². The first kappa shape index (κ1) is 15.7. The van der Waals surface area contributed by atoms with Crippen molar-refractivity contribution in [3.63, 3.8) is 0 Å². The van der Waals surface area contributed by atoms with Crippen molar-refractivity contribution >= 4 is 50.6 Å². The van der Waals surface area contributed by atoms with Crippen molar-refractivity contribution in [3.05, 3.63) is 33.3 Å². The molecule has 0 heterocycles. The molecule has 3 N–H and O–H groups in total. The molecule has 0 aliphatic heterocycles. The van der Waals surface area contributed by atoms with E-state index in [9.17, 15) is 4.79 Å². The smallest absolute Gasteiger partial charge is 0.253 e. The highest BCUT2D eigenvalue weighted by atomic mass is 79.9. The Hall–Kier alpha value is -0.650. The summed E-state index contributed by atoms with van der Waals surface area (Å²) in [5.41, 5.74) is 5.86. The van der Waals surface area contributed by atoms with E-state index in [0.29, 0.717) is 20.0 Å². The number of nitrogens with two attached hydrogens (primary N) is 1. The molecule has 0 bridgehead atoms. The first-order valence-corrected chi connectivity index (χ1v) is 8.10. The summed E-state index contributed by atoms with van der Waals surface area (Å²) in [4.78, 5) is 12.8. The lowest BCUT2D eigenvalue weighted by atomic mass is 9.81. The third kappa shape index (κ3) is 3.32. The second kappa shape index (κ2) is 6.41. The Balaban J connectivity index is 2.22. The Morgan fingerprint density at radius 2 is 2.00 bits per heavy atom. The van der Waals surface area contributed by atoms with Crippen LogP contribution in [0.5, 0.6) is 0 Å². The van der Waals surface area contributed by atoms with Crippen LogP contribution in [0.25, 0.3) is 0 Å². The van der Waals surface area contributed by atoms with Crippen LogP contribution in [0.1, 0.15) is 42.5 Å². The van der Waals surface area contributed by atoms with Crippen LogP contribution in [0.4, 0.5) is 0 Å². The zero-order valence-corrected chi connectivity index (χ0v) is 14.1. The van der Waals surface area contributed by atoms with Crippen LogP contribution < -0.4 is 11.1 Å². The van der Waals surface area contributed by atoms with Gasteiger partial charge in [-0.1, -0.05) is 43.1 Å². The summed E-state index contributed by atoms with van der Waals surface area (Å²) >= 11 is 14.4. The van der Waals surface area contributed by atoms with E-state index >= 15 is 0 Å².